The molecule has 0 unspecified atom stereocenters. The zero-order valence-corrected chi connectivity index (χ0v) is 12.1. The van der Waals surface area contributed by atoms with Crippen LogP contribution >= 0.6 is 0 Å². The minimum Gasteiger partial charge on any atom is -0.461 e. The second-order valence-electron chi connectivity index (χ2n) is 4.99. The minimum absolute atomic E-state index is 0.0224. The standard InChI is InChI=1S/C14H19NO5/c1-5-18-13(17)11-9-19-12(15-11)7-6-10(16)8-20-14(2,3)4/h6-7,9H,5,8H2,1-4H3/b7-6+. The van der Waals surface area contributed by atoms with Gasteiger partial charge in [0.25, 0.3) is 0 Å². The van der Waals surface area contributed by atoms with E-state index in [1.165, 1.54) is 18.4 Å². The Morgan fingerprint density at radius 1 is 1.40 bits per heavy atom. The topological polar surface area (TPSA) is 78.6 Å². The van der Waals surface area contributed by atoms with Gasteiger partial charge in [-0.1, -0.05) is 0 Å². The van der Waals surface area contributed by atoms with Crippen LogP contribution in [0, 0.1) is 0 Å². The molecular formula is C14H19NO5. The Morgan fingerprint density at radius 2 is 2.10 bits per heavy atom. The molecule has 0 N–H and O–H groups in total. The third kappa shape index (κ3) is 5.79. The highest BCUT2D eigenvalue weighted by Gasteiger charge is 2.13. The number of hydrogen-bond acceptors (Lipinski definition) is 6. The van der Waals surface area contributed by atoms with Crippen molar-refractivity contribution in [2.24, 2.45) is 0 Å². The largest absolute Gasteiger partial charge is 0.461 e. The Kier molecular flexibility index (Phi) is 5.64. The Hall–Kier alpha value is -1.95. The van der Waals surface area contributed by atoms with Crippen LogP contribution in [0.2, 0.25) is 0 Å². The van der Waals surface area contributed by atoms with E-state index in [-0.39, 0.29) is 36.2 Å². The molecule has 0 amide bonds. The second kappa shape index (κ2) is 7.00. The first kappa shape index (κ1) is 16.1. The fourth-order valence-corrected chi connectivity index (χ4v) is 1.16. The lowest BCUT2D eigenvalue weighted by Crippen LogP contribution is -2.22. The van der Waals surface area contributed by atoms with Crippen molar-refractivity contribution in [3.63, 3.8) is 0 Å². The van der Waals surface area contributed by atoms with Gasteiger partial charge in [0.2, 0.25) is 5.89 Å². The van der Waals surface area contributed by atoms with Gasteiger partial charge in [-0.3, -0.25) is 4.79 Å². The lowest BCUT2D eigenvalue weighted by Gasteiger charge is -2.17. The molecule has 1 heterocycles. The van der Waals surface area contributed by atoms with E-state index in [9.17, 15) is 9.59 Å². The number of aromatic nitrogens is 1. The van der Waals surface area contributed by atoms with E-state index in [1.807, 2.05) is 20.8 Å². The molecule has 0 saturated carbocycles. The van der Waals surface area contributed by atoms with E-state index in [2.05, 4.69) is 4.98 Å². The summed E-state index contributed by atoms with van der Waals surface area (Å²) in [7, 11) is 0. The molecule has 20 heavy (non-hydrogen) atoms. The number of hydrogen-bond donors (Lipinski definition) is 0. The molecule has 1 aromatic rings. The van der Waals surface area contributed by atoms with Gasteiger partial charge in [-0.05, 0) is 33.8 Å². The number of rotatable bonds is 6. The smallest absolute Gasteiger partial charge is 0.360 e. The van der Waals surface area contributed by atoms with Gasteiger partial charge in [-0.2, -0.15) is 0 Å². The van der Waals surface area contributed by atoms with Gasteiger partial charge < -0.3 is 13.9 Å². The molecular weight excluding hydrogens is 262 g/mol. The predicted molar refractivity (Wildman–Crippen MR) is 72.2 cm³/mol. The van der Waals surface area contributed by atoms with E-state index in [0.717, 1.165) is 0 Å². The van der Waals surface area contributed by atoms with Crippen molar-refractivity contribution in [3.05, 3.63) is 23.9 Å². The van der Waals surface area contributed by atoms with E-state index in [1.54, 1.807) is 6.92 Å². The number of carbonyl (C=O) groups is 2. The van der Waals surface area contributed by atoms with Gasteiger partial charge >= 0.3 is 5.97 Å². The highest BCUT2D eigenvalue weighted by molar-refractivity contribution is 5.94. The lowest BCUT2D eigenvalue weighted by atomic mass is 10.2. The Bertz CT molecular complexity index is 496. The molecule has 0 aromatic carbocycles. The first-order valence-corrected chi connectivity index (χ1v) is 6.29. The van der Waals surface area contributed by atoms with Crippen molar-refractivity contribution in [2.75, 3.05) is 13.2 Å². The number of ether oxygens (including phenoxy) is 2. The molecule has 0 bridgehead atoms. The minimum atomic E-state index is -0.557. The summed E-state index contributed by atoms with van der Waals surface area (Å²) in [5, 5.41) is 0. The average Bonchev–Trinajstić information content (AvgIpc) is 2.82. The number of oxazole rings is 1. The Labute approximate surface area is 117 Å². The van der Waals surface area contributed by atoms with E-state index in [0.29, 0.717) is 0 Å². The van der Waals surface area contributed by atoms with E-state index in [4.69, 9.17) is 13.9 Å². The maximum Gasteiger partial charge on any atom is 0.360 e. The summed E-state index contributed by atoms with van der Waals surface area (Å²) in [6.07, 6.45) is 3.87. The summed E-state index contributed by atoms with van der Waals surface area (Å²) in [4.78, 5) is 26.8. The SMILES string of the molecule is CCOC(=O)c1coc(/C=C/C(=O)COC(C)(C)C)n1. The second-order valence-corrected chi connectivity index (χ2v) is 4.99. The first-order chi connectivity index (χ1) is 9.31. The molecule has 0 atom stereocenters. The lowest BCUT2D eigenvalue weighted by molar-refractivity contribution is -0.123. The molecule has 0 aliphatic rings. The zero-order valence-electron chi connectivity index (χ0n) is 12.1. The van der Waals surface area contributed by atoms with Crippen molar-refractivity contribution in [2.45, 2.75) is 33.3 Å². The van der Waals surface area contributed by atoms with Gasteiger partial charge in [-0.25, -0.2) is 9.78 Å². The molecule has 0 fully saturated rings. The average molecular weight is 281 g/mol. The fourth-order valence-electron chi connectivity index (χ4n) is 1.16. The van der Waals surface area contributed by atoms with Crippen LogP contribution in [0.3, 0.4) is 0 Å². The molecule has 1 aromatic heterocycles. The molecule has 0 saturated heterocycles. The van der Waals surface area contributed by atoms with Crippen molar-refractivity contribution in [1.29, 1.82) is 0 Å². The third-order valence-electron chi connectivity index (χ3n) is 2.07. The summed E-state index contributed by atoms with van der Waals surface area (Å²) in [5.74, 6) is -0.605. The van der Waals surface area contributed by atoms with Gasteiger partial charge in [-0.15, -0.1) is 0 Å². The number of esters is 1. The number of carbonyl (C=O) groups excluding carboxylic acids is 2. The molecule has 0 aliphatic carbocycles. The van der Waals surface area contributed by atoms with Crippen LogP contribution in [-0.4, -0.2) is 35.6 Å². The molecule has 0 radical (unpaired) electrons. The third-order valence-corrected chi connectivity index (χ3v) is 2.07. The van der Waals surface area contributed by atoms with Crippen LogP contribution < -0.4 is 0 Å². The van der Waals surface area contributed by atoms with Crippen LogP contribution in [-0.2, 0) is 14.3 Å². The maximum atomic E-state index is 11.5. The monoisotopic (exact) mass is 281 g/mol. The van der Waals surface area contributed by atoms with E-state index < -0.39 is 5.97 Å². The van der Waals surface area contributed by atoms with Gasteiger partial charge in [0.1, 0.15) is 12.9 Å². The normalized spacial score (nSPS) is 11.8. The van der Waals surface area contributed by atoms with Crippen LogP contribution in [0.1, 0.15) is 44.1 Å². The highest BCUT2D eigenvalue weighted by Crippen LogP contribution is 2.08. The summed E-state index contributed by atoms with van der Waals surface area (Å²) in [6, 6.07) is 0. The predicted octanol–water partition coefficient (Wildman–Crippen LogP) is 2.25. The quantitative estimate of drug-likeness (QED) is 0.588. The molecule has 0 spiro atoms. The summed E-state index contributed by atoms with van der Waals surface area (Å²) in [6.45, 7) is 7.54. The number of ketones is 1. The number of nitrogens with zero attached hydrogens (tertiary/aromatic N) is 1. The van der Waals surface area contributed by atoms with Crippen LogP contribution in [0.25, 0.3) is 6.08 Å². The van der Waals surface area contributed by atoms with Gasteiger partial charge in [0.05, 0.1) is 12.2 Å². The van der Waals surface area contributed by atoms with Crippen molar-refractivity contribution in [3.8, 4) is 0 Å². The summed E-state index contributed by atoms with van der Waals surface area (Å²) < 4.78 is 15.1. The Morgan fingerprint density at radius 3 is 2.70 bits per heavy atom. The van der Waals surface area contributed by atoms with Crippen LogP contribution in [0.4, 0.5) is 0 Å². The molecule has 0 aliphatic heterocycles. The fraction of sp³-hybridized carbons (Fsp3) is 0.500. The summed E-state index contributed by atoms with van der Waals surface area (Å²) >= 11 is 0. The van der Waals surface area contributed by atoms with Crippen molar-refractivity contribution >= 4 is 17.8 Å². The van der Waals surface area contributed by atoms with Crippen molar-refractivity contribution in [1.82, 2.24) is 4.98 Å². The summed E-state index contributed by atoms with van der Waals surface area (Å²) in [5.41, 5.74) is -0.298. The van der Waals surface area contributed by atoms with Gasteiger partial charge in [0.15, 0.2) is 11.5 Å². The van der Waals surface area contributed by atoms with Gasteiger partial charge in [0, 0.05) is 6.08 Å². The molecule has 6 heteroatoms. The van der Waals surface area contributed by atoms with Crippen LogP contribution in [0.5, 0.6) is 0 Å². The molecule has 1 rings (SSSR count). The van der Waals surface area contributed by atoms with Crippen molar-refractivity contribution < 1.29 is 23.5 Å². The Balaban J connectivity index is 2.54. The zero-order chi connectivity index (χ0) is 15.2. The maximum absolute atomic E-state index is 11.5. The van der Waals surface area contributed by atoms with Crippen LogP contribution in [0.15, 0.2) is 16.8 Å². The molecule has 110 valence electrons. The van der Waals surface area contributed by atoms with E-state index >= 15 is 0 Å². The first-order valence-electron chi connectivity index (χ1n) is 6.29. The highest BCUT2D eigenvalue weighted by atomic mass is 16.5. The molecule has 6 nitrogen and oxygen atoms in total.